The molecule has 0 fully saturated rings. The molecule has 1 aromatic heterocycles. The van der Waals surface area contributed by atoms with E-state index in [1.165, 1.54) is 6.92 Å². The van der Waals surface area contributed by atoms with Crippen molar-refractivity contribution in [3.8, 4) is 0 Å². The predicted molar refractivity (Wildman–Crippen MR) is 76.7 cm³/mol. The van der Waals surface area contributed by atoms with Gasteiger partial charge in [-0.05, 0) is 24.1 Å². The summed E-state index contributed by atoms with van der Waals surface area (Å²) in [5, 5.41) is 1.78. The van der Waals surface area contributed by atoms with Gasteiger partial charge in [0.05, 0.1) is 12.3 Å². The number of carbonyl (C=O) groups excluding carboxylic acids is 1. The van der Waals surface area contributed by atoms with Gasteiger partial charge in [0.2, 0.25) is 0 Å². The van der Waals surface area contributed by atoms with E-state index < -0.39 is 5.79 Å². The molecule has 0 saturated heterocycles. The van der Waals surface area contributed by atoms with E-state index in [0.717, 1.165) is 28.6 Å². The number of aromatic amines is 1. The van der Waals surface area contributed by atoms with Crippen molar-refractivity contribution < 1.29 is 14.3 Å². The third-order valence-electron chi connectivity index (χ3n) is 3.71. The molecule has 2 heterocycles. The first-order valence-corrected chi connectivity index (χ1v) is 7.07. The fourth-order valence-corrected chi connectivity index (χ4v) is 3.04. The minimum absolute atomic E-state index is 0.351. The molecule has 5 heteroatoms. The minimum Gasteiger partial charge on any atom is -0.427 e. The van der Waals surface area contributed by atoms with E-state index in [-0.39, 0.29) is 5.97 Å². The highest BCUT2D eigenvalue weighted by atomic mass is 35.5. The zero-order chi connectivity index (χ0) is 14.3. The van der Waals surface area contributed by atoms with Gasteiger partial charge in [0.1, 0.15) is 0 Å². The zero-order valence-electron chi connectivity index (χ0n) is 11.5. The number of nitrogens with one attached hydrogen (secondary N) is 1. The SMILES string of the molecule is CCC1(OC(C)=O)OCCc2c1[nH]c1cc(Cl)ccc21. The van der Waals surface area contributed by atoms with Gasteiger partial charge in [-0.2, -0.15) is 0 Å². The van der Waals surface area contributed by atoms with Crippen molar-refractivity contribution in [3.63, 3.8) is 0 Å². The summed E-state index contributed by atoms with van der Waals surface area (Å²) < 4.78 is 11.3. The average molecular weight is 294 g/mol. The Morgan fingerprint density at radius 1 is 1.55 bits per heavy atom. The molecule has 1 unspecified atom stereocenters. The van der Waals surface area contributed by atoms with Crippen LogP contribution in [0.1, 0.15) is 31.5 Å². The molecule has 0 aliphatic carbocycles. The van der Waals surface area contributed by atoms with Crippen molar-refractivity contribution >= 4 is 28.5 Å². The Labute approximate surface area is 122 Å². The van der Waals surface area contributed by atoms with Gasteiger partial charge in [-0.25, -0.2) is 0 Å². The first kappa shape index (κ1) is 13.5. The van der Waals surface area contributed by atoms with Crippen LogP contribution in [0.2, 0.25) is 5.02 Å². The smallest absolute Gasteiger partial charge is 0.305 e. The standard InChI is InChI=1S/C15H16ClNO3/c1-3-15(20-9(2)18)14-12(6-7-19-15)11-5-4-10(16)8-13(11)17-14/h4-5,8,17H,3,6-7H2,1-2H3. The van der Waals surface area contributed by atoms with Crippen LogP contribution < -0.4 is 0 Å². The Morgan fingerprint density at radius 2 is 2.35 bits per heavy atom. The van der Waals surface area contributed by atoms with E-state index >= 15 is 0 Å². The van der Waals surface area contributed by atoms with Gasteiger partial charge in [-0.1, -0.05) is 24.6 Å². The molecule has 0 spiro atoms. The number of rotatable bonds is 2. The van der Waals surface area contributed by atoms with E-state index in [2.05, 4.69) is 4.98 Å². The summed E-state index contributed by atoms with van der Waals surface area (Å²) in [7, 11) is 0. The molecule has 1 N–H and O–H groups in total. The number of aromatic nitrogens is 1. The first-order chi connectivity index (χ1) is 9.55. The van der Waals surface area contributed by atoms with Gasteiger partial charge >= 0.3 is 5.97 Å². The maximum absolute atomic E-state index is 11.4. The monoisotopic (exact) mass is 293 g/mol. The summed E-state index contributed by atoms with van der Waals surface area (Å²) in [4.78, 5) is 14.7. The van der Waals surface area contributed by atoms with Gasteiger partial charge in [-0.15, -0.1) is 0 Å². The number of H-pyrrole nitrogens is 1. The van der Waals surface area contributed by atoms with E-state index in [1.54, 1.807) is 0 Å². The lowest BCUT2D eigenvalue weighted by Crippen LogP contribution is -2.39. The van der Waals surface area contributed by atoms with E-state index in [4.69, 9.17) is 21.1 Å². The summed E-state index contributed by atoms with van der Waals surface area (Å²) in [5.74, 6) is -1.36. The maximum Gasteiger partial charge on any atom is 0.305 e. The summed E-state index contributed by atoms with van der Waals surface area (Å²) in [5.41, 5.74) is 2.92. The van der Waals surface area contributed by atoms with Crippen LogP contribution in [-0.2, 0) is 26.5 Å². The summed E-state index contributed by atoms with van der Waals surface area (Å²) >= 11 is 6.03. The van der Waals surface area contributed by atoms with E-state index in [0.29, 0.717) is 18.1 Å². The summed E-state index contributed by atoms with van der Waals surface area (Å²) in [6.45, 7) is 3.87. The van der Waals surface area contributed by atoms with Gasteiger partial charge in [-0.3, -0.25) is 4.79 Å². The Balaban J connectivity index is 2.21. The van der Waals surface area contributed by atoms with E-state index in [9.17, 15) is 4.79 Å². The molecule has 0 saturated carbocycles. The van der Waals surface area contributed by atoms with Crippen molar-refractivity contribution in [1.29, 1.82) is 0 Å². The molecule has 20 heavy (non-hydrogen) atoms. The van der Waals surface area contributed by atoms with Gasteiger partial charge in [0, 0.05) is 29.3 Å². The number of carbonyl (C=O) groups is 1. The van der Waals surface area contributed by atoms with Crippen LogP contribution >= 0.6 is 11.6 Å². The molecule has 1 aliphatic heterocycles. The van der Waals surface area contributed by atoms with Crippen molar-refractivity contribution in [3.05, 3.63) is 34.5 Å². The van der Waals surface area contributed by atoms with Crippen molar-refractivity contribution in [2.45, 2.75) is 32.5 Å². The quantitative estimate of drug-likeness (QED) is 0.862. The van der Waals surface area contributed by atoms with Gasteiger partial charge < -0.3 is 14.5 Å². The topological polar surface area (TPSA) is 51.3 Å². The van der Waals surface area contributed by atoms with Gasteiger partial charge in [0.25, 0.3) is 5.79 Å². The molecule has 0 radical (unpaired) electrons. The third kappa shape index (κ3) is 2.00. The number of ether oxygens (including phenoxy) is 2. The fraction of sp³-hybridized carbons (Fsp3) is 0.400. The number of hydrogen-bond donors (Lipinski definition) is 1. The molecule has 1 atom stereocenters. The first-order valence-electron chi connectivity index (χ1n) is 6.70. The molecule has 0 bridgehead atoms. The second kappa shape index (κ2) is 4.79. The second-order valence-electron chi connectivity index (χ2n) is 4.97. The molecule has 4 nitrogen and oxygen atoms in total. The lowest BCUT2D eigenvalue weighted by Gasteiger charge is -2.35. The molecule has 3 rings (SSSR count). The molecule has 1 aromatic carbocycles. The van der Waals surface area contributed by atoms with Crippen LogP contribution in [0.15, 0.2) is 18.2 Å². The number of fused-ring (bicyclic) bond motifs is 3. The number of hydrogen-bond acceptors (Lipinski definition) is 3. The molecule has 0 amide bonds. The predicted octanol–water partition coefficient (Wildman–Crippen LogP) is 3.52. The Bertz CT molecular complexity index is 679. The van der Waals surface area contributed by atoms with Crippen molar-refractivity contribution in [1.82, 2.24) is 4.98 Å². The van der Waals surface area contributed by atoms with Crippen molar-refractivity contribution in [2.75, 3.05) is 6.61 Å². The summed E-state index contributed by atoms with van der Waals surface area (Å²) in [6, 6.07) is 5.74. The average Bonchev–Trinajstić information content (AvgIpc) is 2.77. The lowest BCUT2D eigenvalue weighted by atomic mass is 9.98. The van der Waals surface area contributed by atoms with Crippen LogP contribution in [-0.4, -0.2) is 17.6 Å². The summed E-state index contributed by atoms with van der Waals surface area (Å²) in [6.07, 6.45) is 1.35. The number of halogens is 1. The fourth-order valence-electron chi connectivity index (χ4n) is 2.87. The molecule has 2 aromatic rings. The van der Waals surface area contributed by atoms with Crippen LogP contribution in [0.3, 0.4) is 0 Å². The molecule has 106 valence electrons. The molecular weight excluding hydrogens is 278 g/mol. The Morgan fingerprint density at radius 3 is 3.05 bits per heavy atom. The Kier molecular flexibility index (Phi) is 3.22. The van der Waals surface area contributed by atoms with Crippen LogP contribution in [0, 0.1) is 0 Å². The molecule has 1 aliphatic rings. The Hall–Kier alpha value is -1.52. The second-order valence-corrected chi connectivity index (χ2v) is 5.40. The minimum atomic E-state index is -1.01. The van der Waals surface area contributed by atoms with Crippen LogP contribution in [0.5, 0.6) is 0 Å². The maximum atomic E-state index is 11.4. The highest BCUT2D eigenvalue weighted by Crippen LogP contribution is 2.40. The number of benzene rings is 1. The third-order valence-corrected chi connectivity index (χ3v) is 3.95. The van der Waals surface area contributed by atoms with Crippen LogP contribution in [0.25, 0.3) is 10.9 Å². The zero-order valence-corrected chi connectivity index (χ0v) is 12.2. The normalized spacial score (nSPS) is 21.8. The highest BCUT2D eigenvalue weighted by Gasteiger charge is 2.42. The van der Waals surface area contributed by atoms with Gasteiger partial charge in [0.15, 0.2) is 0 Å². The largest absolute Gasteiger partial charge is 0.427 e. The van der Waals surface area contributed by atoms with Crippen LogP contribution in [0.4, 0.5) is 0 Å². The lowest BCUT2D eigenvalue weighted by molar-refractivity contribution is -0.245. The molecular formula is C15H16ClNO3. The van der Waals surface area contributed by atoms with Crippen molar-refractivity contribution in [2.24, 2.45) is 0 Å². The number of esters is 1. The van der Waals surface area contributed by atoms with E-state index in [1.807, 2.05) is 25.1 Å². The highest BCUT2D eigenvalue weighted by molar-refractivity contribution is 6.31.